The Morgan fingerprint density at radius 3 is 2.53 bits per heavy atom. The van der Waals surface area contributed by atoms with Crippen LogP contribution in [0.15, 0.2) is 65.3 Å². The zero-order chi connectivity index (χ0) is 24.0. The minimum Gasteiger partial charge on any atom is -0.459 e. The number of hydrogen-bond acceptors (Lipinski definition) is 4. The molecule has 0 radical (unpaired) electrons. The van der Waals surface area contributed by atoms with Gasteiger partial charge in [-0.15, -0.1) is 0 Å². The Hall–Kier alpha value is -4.08. The quantitative estimate of drug-likeness (QED) is 0.618. The van der Waals surface area contributed by atoms with Gasteiger partial charge in [0.15, 0.2) is 5.76 Å². The molecule has 5 rings (SSSR count). The van der Waals surface area contributed by atoms with Gasteiger partial charge in [-0.05, 0) is 47.5 Å². The summed E-state index contributed by atoms with van der Waals surface area (Å²) in [6.07, 6.45) is -3.12. The van der Waals surface area contributed by atoms with Crippen molar-refractivity contribution in [2.75, 3.05) is 25.0 Å². The van der Waals surface area contributed by atoms with Gasteiger partial charge in [-0.25, -0.2) is 0 Å². The van der Waals surface area contributed by atoms with E-state index in [9.17, 15) is 27.6 Å². The molecule has 2 aliphatic heterocycles. The van der Waals surface area contributed by atoms with E-state index in [1.807, 2.05) is 0 Å². The van der Waals surface area contributed by atoms with Crippen LogP contribution in [0.25, 0.3) is 11.1 Å². The van der Waals surface area contributed by atoms with E-state index < -0.39 is 29.6 Å². The van der Waals surface area contributed by atoms with Crippen molar-refractivity contribution in [3.8, 4) is 11.1 Å². The molecule has 0 bridgehead atoms. The standard InChI is InChI=1S/C24H18F3N3O4/c25-24(26,27)16-4-1-3-14(11-16)15-6-7-18-17(12-15)22(32)30-9-8-29(13-19(30)21(31)28-18)23(33)20-5-2-10-34-20/h1-7,10-12,19H,8-9,13H2,(H,28,31)/t19-/m0/s1. The summed E-state index contributed by atoms with van der Waals surface area (Å²) in [7, 11) is 0. The van der Waals surface area contributed by atoms with Crippen molar-refractivity contribution in [1.82, 2.24) is 9.80 Å². The number of carbonyl (C=O) groups is 3. The number of nitrogens with one attached hydrogen (secondary N) is 1. The highest BCUT2D eigenvalue weighted by Crippen LogP contribution is 2.34. The Morgan fingerprint density at radius 2 is 1.79 bits per heavy atom. The maximum absolute atomic E-state index is 13.4. The molecule has 0 unspecified atom stereocenters. The van der Waals surface area contributed by atoms with Gasteiger partial charge in [0.05, 0.1) is 29.6 Å². The Kier molecular flexibility index (Phi) is 5.15. The normalized spacial score (nSPS) is 18.1. The molecule has 10 heteroatoms. The van der Waals surface area contributed by atoms with Crippen LogP contribution >= 0.6 is 0 Å². The predicted octanol–water partition coefficient (Wildman–Crippen LogP) is 3.88. The van der Waals surface area contributed by atoms with Crippen molar-refractivity contribution in [2.24, 2.45) is 0 Å². The highest BCUT2D eigenvalue weighted by Gasteiger charge is 2.41. The lowest BCUT2D eigenvalue weighted by Crippen LogP contribution is -2.59. The molecule has 7 nitrogen and oxygen atoms in total. The Labute approximate surface area is 191 Å². The molecule has 0 aliphatic carbocycles. The Morgan fingerprint density at radius 1 is 1.00 bits per heavy atom. The summed E-state index contributed by atoms with van der Waals surface area (Å²) >= 11 is 0. The zero-order valence-corrected chi connectivity index (χ0v) is 17.6. The SMILES string of the molecule is O=C1Nc2ccc(-c3cccc(C(F)(F)F)c3)cc2C(=O)N2CCN(C(=O)c3ccco3)C[C@@H]12. The summed E-state index contributed by atoms with van der Waals surface area (Å²) in [6, 6.07) is 11.6. The van der Waals surface area contributed by atoms with Gasteiger partial charge in [0.25, 0.3) is 11.8 Å². The first-order chi connectivity index (χ1) is 16.2. The number of rotatable bonds is 2. The van der Waals surface area contributed by atoms with Crippen LogP contribution in [0.2, 0.25) is 0 Å². The topological polar surface area (TPSA) is 82.9 Å². The summed E-state index contributed by atoms with van der Waals surface area (Å²) in [5.74, 6) is -1.12. The number of benzene rings is 2. The van der Waals surface area contributed by atoms with Gasteiger partial charge in [0.1, 0.15) is 6.04 Å². The van der Waals surface area contributed by atoms with E-state index in [0.717, 1.165) is 12.1 Å². The number of fused-ring (bicyclic) bond motifs is 2. The third kappa shape index (κ3) is 3.81. The molecule has 34 heavy (non-hydrogen) atoms. The lowest BCUT2D eigenvalue weighted by Gasteiger charge is -2.39. The Bertz CT molecular complexity index is 1290. The molecular weight excluding hydrogens is 451 g/mol. The highest BCUT2D eigenvalue weighted by molar-refractivity contribution is 6.11. The molecule has 3 amide bonds. The lowest BCUT2D eigenvalue weighted by atomic mass is 9.99. The fraction of sp³-hybridized carbons (Fsp3) is 0.208. The maximum Gasteiger partial charge on any atom is 0.416 e. The fourth-order valence-electron chi connectivity index (χ4n) is 4.25. The second-order valence-electron chi connectivity index (χ2n) is 8.07. The average molecular weight is 469 g/mol. The van der Waals surface area contributed by atoms with Gasteiger partial charge in [-0.1, -0.05) is 18.2 Å². The van der Waals surface area contributed by atoms with E-state index in [1.54, 1.807) is 12.1 Å². The van der Waals surface area contributed by atoms with Crippen molar-refractivity contribution in [3.05, 3.63) is 77.7 Å². The number of hydrogen-bond donors (Lipinski definition) is 1. The van der Waals surface area contributed by atoms with Crippen LogP contribution in [-0.4, -0.2) is 53.2 Å². The largest absolute Gasteiger partial charge is 0.459 e. The first kappa shape index (κ1) is 21.7. The van der Waals surface area contributed by atoms with Crippen molar-refractivity contribution < 1.29 is 32.0 Å². The minimum atomic E-state index is -4.49. The smallest absolute Gasteiger partial charge is 0.416 e. The molecule has 1 aromatic heterocycles. The summed E-state index contributed by atoms with van der Waals surface area (Å²) in [4.78, 5) is 41.8. The number of nitrogens with zero attached hydrogens (tertiary/aromatic N) is 2. The third-order valence-electron chi connectivity index (χ3n) is 5.99. The summed E-state index contributed by atoms with van der Waals surface area (Å²) in [6.45, 7) is 0.319. The number of furan rings is 1. The number of anilines is 1. The first-order valence-corrected chi connectivity index (χ1v) is 10.5. The van der Waals surface area contributed by atoms with Crippen molar-refractivity contribution >= 4 is 23.4 Å². The number of amides is 3. The van der Waals surface area contributed by atoms with E-state index in [-0.39, 0.29) is 42.6 Å². The molecule has 1 atom stereocenters. The summed E-state index contributed by atoms with van der Waals surface area (Å²) < 4.78 is 44.6. The minimum absolute atomic E-state index is 0.00835. The highest BCUT2D eigenvalue weighted by atomic mass is 19.4. The van der Waals surface area contributed by atoms with Gasteiger partial charge < -0.3 is 19.5 Å². The van der Waals surface area contributed by atoms with E-state index in [2.05, 4.69) is 5.32 Å². The molecule has 174 valence electrons. The van der Waals surface area contributed by atoms with Crippen LogP contribution < -0.4 is 5.32 Å². The molecule has 1 fully saturated rings. The monoisotopic (exact) mass is 469 g/mol. The molecular formula is C24H18F3N3O4. The van der Waals surface area contributed by atoms with Crippen molar-refractivity contribution in [3.63, 3.8) is 0 Å². The summed E-state index contributed by atoms with van der Waals surface area (Å²) in [5.41, 5.74) is 0.363. The van der Waals surface area contributed by atoms with Crippen LogP contribution in [-0.2, 0) is 11.0 Å². The molecule has 1 N–H and O–H groups in total. The second-order valence-corrected chi connectivity index (χ2v) is 8.07. The molecule has 3 aromatic rings. The number of halogens is 3. The van der Waals surface area contributed by atoms with E-state index in [4.69, 9.17) is 4.42 Å². The first-order valence-electron chi connectivity index (χ1n) is 10.5. The molecule has 1 saturated heterocycles. The summed E-state index contributed by atoms with van der Waals surface area (Å²) in [5, 5.41) is 2.72. The number of piperazine rings is 1. The van der Waals surface area contributed by atoms with Gasteiger partial charge in [0, 0.05) is 13.1 Å². The second kappa shape index (κ2) is 8.05. The van der Waals surface area contributed by atoms with Crippen LogP contribution in [0.4, 0.5) is 18.9 Å². The average Bonchev–Trinajstić information content (AvgIpc) is 3.34. The number of alkyl halides is 3. The van der Waals surface area contributed by atoms with E-state index >= 15 is 0 Å². The van der Waals surface area contributed by atoms with E-state index in [1.165, 1.54) is 46.4 Å². The molecule has 3 heterocycles. The molecule has 2 aliphatic rings. The van der Waals surface area contributed by atoms with Gasteiger partial charge >= 0.3 is 6.18 Å². The Balaban J connectivity index is 1.44. The van der Waals surface area contributed by atoms with Crippen LogP contribution in [0.3, 0.4) is 0 Å². The molecule has 2 aromatic carbocycles. The van der Waals surface area contributed by atoms with Gasteiger partial charge in [-0.2, -0.15) is 13.2 Å². The fourth-order valence-corrected chi connectivity index (χ4v) is 4.25. The van der Waals surface area contributed by atoms with Gasteiger partial charge in [-0.3, -0.25) is 14.4 Å². The molecule has 0 saturated carbocycles. The van der Waals surface area contributed by atoms with Crippen LogP contribution in [0.1, 0.15) is 26.5 Å². The zero-order valence-electron chi connectivity index (χ0n) is 17.6. The van der Waals surface area contributed by atoms with Crippen LogP contribution in [0.5, 0.6) is 0 Å². The van der Waals surface area contributed by atoms with Crippen LogP contribution in [0, 0.1) is 0 Å². The van der Waals surface area contributed by atoms with Gasteiger partial charge in [0.2, 0.25) is 5.91 Å². The third-order valence-corrected chi connectivity index (χ3v) is 5.99. The van der Waals surface area contributed by atoms with Crippen molar-refractivity contribution in [2.45, 2.75) is 12.2 Å². The van der Waals surface area contributed by atoms with E-state index in [0.29, 0.717) is 11.1 Å². The lowest BCUT2D eigenvalue weighted by molar-refractivity contribution is -0.137. The maximum atomic E-state index is 13.4. The van der Waals surface area contributed by atoms with Crippen molar-refractivity contribution in [1.29, 1.82) is 0 Å². The molecule has 0 spiro atoms. The number of carbonyl (C=O) groups excluding carboxylic acids is 3. The predicted molar refractivity (Wildman–Crippen MR) is 115 cm³/mol.